The van der Waals surface area contributed by atoms with E-state index in [0.29, 0.717) is 11.5 Å². The lowest BCUT2D eigenvalue weighted by atomic mass is 9.75. The van der Waals surface area contributed by atoms with Gasteiger partial charge in [-0.05, 0) is 29.9 Å². The number of piperidine rings is 1. The Morgan fingerprint density at radius 2 is 2.12 bits per heavy atom. The lowest BCUT2D eigenvalue weighted by Crippen LogP contribution is -2.47. The largest absolute Gasteiger partial charge is 0.370 e. The molecule has 1 N–H and O–H groups in total. The first-order chi connectivity index (χ1) is 8.17. The number of aromatic nitrogens is 1. The molecule has 0 amide bonds. The molecule has 0 bridgehead atoms. The van der Waals surface area contributed by atoms with Crippen molar-refractivity contribution in [3.05, 3.63) is 24.5 Å². The molecule has 3 heteroatoms. The third-order valence-corrected chi connectivity index (χ3v) is 4.46. The van der Waals surface area contributed by atoms with E-state index in [9.17, 15) is 0 Å². The van der Waals surface area contributed by atoms with E-state index in [2.05, 4.69) is 41.2 Å². The van der Waals surface area contributed by atoms with Crippen LogP contribution in [0.25, 0.3) is 0 Å². The molecular formula is C14H21N3. The fraction of sp³-hybridized carbons (Fsp3) is 0.643. The quantitative estimate of drug-likeness (QED) is 0.800. The fourth-order valence-corrected chi connectivity index (χ4v) is 3.41. The summed E-state index contributed by atoms with van der Waals surface area (Å²) in [6.45, 7) is 8.26. The van der Waals surface area contributed by atoms with Gasteiger partial charge in [-0.25, -0.2) is 0 Å². The summed E-state index contributed by atoms with van der Waals surface area (Å²) in [7, 11) is 0. The molecule has 2 aliphatic rings. The molecule has 3 nitrogen and oxygen atoms in total. The Bertz CT molecular complexity index is 388. The van der Waals surface area contributed by atoms with Gasteiger partial charge in [0.05, 0.1) is 0 Å². The van der Waals surface area contributed by atoms with Crippen LogP contribution in [0.15, 0.2) is 24.5 Å². The average molecular weight is 231 g/mol. The van der Waals surface area contributed by atoms with Crippen molar-refractivity contribution >= 4 is 5.69 Å². The maximum atomic E-state index is 4.09. The minimum atomic E-state index is 0.467. The van der Waals surface area contributed by atoms with Crippen LogP contribution in [0.4, 0.5) is 5.69 Å². The summed E-state index contributed by atoms with van der Waals surface area (Å²) in [5.41, 5.74) is 1.78. The summed E-state index contributed by atoms with van der Waals surface area (Å²) in [6, 6.07) is 4.88. The van der Waals surface area contributed by atoms with E-state index in [1.54, 1.807) is 0 Å². The zero-order valence-corrected chi connectivity index (χ0v) is 10.7. The van der Waals surface area contributed by atoms with Crippen LogP contribution in [-0.2, 0) is 0 Å². The van der Waals surface area contributed by atoms with Gasteiger partial charge in [-0.1, -0.05) is 13.8 Å². The van der Waals surface area contributed by atoms with Gasteiger partial charge >= 0.3 is 0 Å². The lowest BCUT2D eigenvalue weighted by molar-refractivity contribution is 0.227. The monoisotopic (exact) mass is 231 g/mol. The van der Waals surface area contributed by atoms with Gasteiger partial charge in [0.15, 0.2) is 0 Å². The van der Waals surface area contributed by atoms with Crippen LogP contribution in [0.3, 0.4) is 0 Å². The number of rotatable bonds is 1. The van der Waals surface area contributed by atoms with Gasteiger partial charge in [0.25, 0.3) is 0 Å². The molecule has 2 atom stereocenters. The van der Waals surface area contributed by atoms with Crippen LogP contribution in [0.1, 0.15) is 20.3 Å². The van der Waals surface area contributed by atoms with Crippen molar-refractivity contribution in [3.8, 4) is 0 Å². The number of pyridine rings is 1. The molecule has 0 aliphatic carbocycles. The molecule has 0 aromatic carbocycles. The van der Waals surface area contributed by atoms with Crippen LogP contribution in [-0.4, -0.2) is 30.7 Å². The molecular weight excluding hydrogens is 210 g/mol. The van der Waals surface area contributed by atoms with Crippen molar-refractivity contribution in [2.75, 3.05) is 24.5 Å². The Kier molecular flexibility index (Phi) is 2.58. The molecule has 17 heavy (non-hydrogen) atoms. The van der Waals surface area contributed by atoms with E-state index >= 15 is 0 Å². The Labute approximate surface area is 103 Å². The van der Waals surface area contributed by atoms with Gasteiger partial charge in [-0.3, -0.25) is 4.98 Å². The van der Waals surface area contributed by atoms with Crippen molar-refractivity contribution < 1.29 is 0 Å². The van der Waals surface area contributed by atoms with Gasteiger partial charge < -0.3 is 10.2 Å². The predicted octanol–water partition coefficient (Wildman–Crippen LogP) is 1.91. The zero-order valence-electron chi connectivity index (χ0n) is 10.7. The average Bonchev–Trinajstić information content (AvgIpc) is 2.66. The second kappa shape index (κ2) is 3.98. The molecule has 3 heterocycles. The number of hydrogen-bond acceptors (Lipinski definition) is 3. The van der Waals surface area contributed by atoms with Gasteiger partial charge in [-0.15, -0.1) is 0 Å². The summed E-state index contributed by atoms with van der Waals surface area (Å²) in [5.74, 6) is 0.834. The summed E-state index contributed by atoms with van der Waals surface area (Å²) in [6.07, 6.45) is 5.06. The predicted molar refractivity (Wildman–Crippen MR) is 70.1 cm³/mol. The summed E-state index contributed by atoms with van der Waals surface area (Å²) >= 11 is 0. The Hall–Kier alpha value is -1.09. The van der Waals surface area contributed by atoms with E-state index in [4.69, 9.17) is 0 Å². The topological polar surface area (TPSA) is 28.2 Å². The Balaban J connectivity index is 1.74. The first kappa shape index (κ1) is 11.0. The summed E-state index contributed by atoms with van der Waals surface area (Å²) in [4.78, 5) is 6.57. The van der Waals surface area contributed by atoms with E-state index in [0.717, 1.165) is 19.0 Å². The van der Waals surface area contributed by atoms with Gasteiger partial charge in [0.1, 0.15) is 0 Å². The number of hydrogen-bond donors (Lipinski definition) is 1. The Morgan fingerprint density at radius 3 is 2.88 bits per heavy atom. The SMILES string of the molecule is CC1(C)CNC2CN(c3ccncc3)CCC21. The fourth-order valence-electron chi connectivity index (χ4n) is 3.41. The molecule has 0 spiro atoms. The van der Waals surface area contributed by atoms with Crippen LogP contribution in [0.5, 0.6) is 0 Å². The molecule has 3 rings (SSSR count). The molecule has 1 aromatic rings. The van der Waals surface area contributed by atoms with Crippen LogP contribution in [0, 0.1) is 11.3 Å². The van der Waals surface area contributed by atoms with E-state index in [-0.39, 0.29) is 0 Å². The molecule has 2 aliphatic heterocycles. The van der Waals surface area contributed by atoms with Gasteiger partial charge in [-0.2, -0.15) is 0 Å². The first-order valence-corrected chi connectivity index (χ1v) is 6.55. The highest BCUT2D eigenvalue weighted by Crippen LogP contribution is 2.39. The van der Waals surface area contributed by atoms with Crippen molar-refractivity contribution in [2.24, 2.45) is 11.3 Å². The standard InChI is InChI=1S/C14H21N3/c1-14(2)10-16-13-9-17(8-5-12(13)14)11-3-6-15-7-4-11/h3-4,6-7,12-13,16H,5,8-10H2,1-2H3. The van der Waals surface area contributed by atoms with Gasteiger partial charge in [0, 0.05) is 43.8 Å². The highest BCUT2D eigenvalue weighted by atomic mass is 15.2. The molecule has 0 radical (unpaired) electrons. The van der Waals surface area contributed by atoms with E-state index in [1.807, 2.05) is 12.4 Å². The lowest BCUT2D eigenvalue weighted by Gasteiger charge is -2.40. The smallest absolute Gasteiger partial charge is 0.0397 e. The third kappa shape index (κ3) is 1.93. The van der Waals surface area contributed by atoms with Crippen LogP contribution >= 0.6 is 0 Å². The number of fused-ring (bicyclic) bond motifs is 1. The van der Waals surface area contributed by atoms with Crippen molar-refractivity contribution in [2.45, 2.75) is 26.3 Å². The molecule has 2 saturated heterocycles. The van der Waals surface area contributed by atoms with Crippen molar-refractivity contribution in [1.29, 1.82) is 0 Å². The maximum Gasteiger partial charge on any atom is 0.0397 e. The van der Waals surface area contributed by atoms with Crippen molar-refractivity contribution in [1.82, 2.24) is 10.3 Å². The zero-order chi connectivity index (χ0) is 11.9. The molecule has 92 valence electrons. The minimum absolute atomic E-state index is 0.467. The summed E-state index contributed by atoms with van der Waals surface area (Å²) in [5, 5.41) is 3.69. The molecule has 2 fully saturated rings. The van der Waals surface area contributed by atoms with Gasteiger partial charge in [0.2, 0.25) is 0 Å². The Morgan fingerprint density at radius 1 is 1.35 bits per heavy atom. The number of nitrogens with one attached hydrogen (secondary N) is 1. The molecule has 1 aromatic heterocycles. The second-order valence-corrected chi connectivity index (χ2v) is 6.02. The van der Waals surface area contributed by atoms with Crippen LogP contribution in [0.2, 0.25) is 0 Å². The van der Waals surface area contributed by atoms with E-state index in [1.165, 1.54) is 18.7 Å². The first-order valence-electron chi connectivity index (χ1n) is 6.55. The summed E-state index contributed by atoms with van der Waals surface area (Å²) < 4.78 is 0. The second-order valence-electron chi connectivity index (χ2n) is 6.02. The normalized spacial score (nSPS) is 31.3. The van der Waals surface area contributed by atoms with E-state index < -0.39 is 0 Å². The number of nitrogens with zero attached hydrogens (tertiary/aromatic N) is 2. The highest BCUT2D eigenvalue weighted by Gasteiger charge is 2.44. The maximum absolute atomic E-state index is 4.09. The molecule has 0 saturated carbocycles. The minimum Gasteiger partial charge on any atom is -0.370 e. The molecule has 2 unspecified atom stereocenters. The van der Waals surface area contributed by atoms with Crippen LogP contribution < -0.4 is 10.2 Å². The third-order valence-electron chi connectivity index (χ3n) is 4.46. The highest BCUT2D eigenvalue weighted by molar-refractivity contribution is 5.45. The van der Waals surface area contributed by atoms with Crippen molar-refractivity contribution in [3.63, 3.8) is 0 Å². The number of anilines is 1.